The molecule has 1 unspecified atom stereocenters. The smallest absolute Gasteiger partial charge is 0.144 e. The van der Waals surface area contributed by atoms with Gasteiger partial charge in [0.05, 0.1) is 5.71 Å². The first-order valence-corrected chi connectivity index (χ1v) is 7.12. The summed E-state index contributed by atoms with van der Waals surface area (Å²) in [5, 5.41) is 13.5. The fourth-order valence-corrected chi connectivity index (χ4v) is 2.19. The van der Waals surface area contributed by atoms with Gasteiger partial charge in [-0.1, -0.05) is 35.5 Å². The van der Waals surface area contributed by atoms with E-state index in [1.165, 1.54) is 17.6 Å². The van der Waals surface area contributed by atoms with Crippen LogP contribution in [0.1, 0.15) is 31.2 Å². The quantitative estimate of drug-likeness (QED) is 0.810. The highest BCUT2D eigenvalue weighted by molar-refractivity contribution is 6.03. The second-order valence-corrected chi connectivity index (χ2v) is 5.01. The van der Waals surface area contributed by atoms with Gasteiger partial charge in [0.15, 0.2) is 0 Å². The Hall–Kier alpha value is -1.65. The predicted molar refractivity (Wildman–Crippen MR) is 81.3 cm³/mol. The van der Waals surface area contributed by atoms with E-state index < -0.39 is 6.10 Å². The Morgan fingerprint density at radius 2 is 2.00 bits per heavy atom. The average Bonchev–Trinajstić information content (AvgIpc) is 2.50. The minimum Gasteiger partial charge on any atom is -0.393 e. The molecule has 3 N–H and O–H groups in total. The normalized spacial score (nSPS) is 21.1. The van der Waals surface area contributed by atoms with Gasteiger partial charge in [-0.25, -0.2) is 0 Å². The van der Waals surface area contributed by atoms with Crippen LogP contribution in [0.15, 0.2) is 41.1 Å². The van der Waals surface area contributed by atoms with Crippen molar-refractivity contribution in [3.63, 3.8) is 0 Å². The molecule has 1 aliphatic rings. The van der Waals surface area contributed by atoms with Crippen molar-refractivity contribution in [3.05, 3.63) is 41.5 Å². The fourth-order valence-electron chi connectivity index (χ4n) is 2.19. The average molecular weight is 274 g/mol. The number of aliphatic hydroxyl groups is 1. The maximum Gasteiger partial charge on any atom is 0.144 e. The van der Waals surface area contributed by atoms with Crippen LogP contribution in [0.3, 0.4) is 0 Å². The lowest BCUT2D eigenvalue weighted by Gasteiger charge is -2.17. The molecular weight excluding hydrogens is 252 g/mol. The molecule has 1 aromatic carbocycles. The number of hydrogen-bond donors (Lipinski definition) is 2. The summed E-state index contributed by atoms with van der Waals surface area (Å²) in [7, 11) is 0. The van der Waals surface area contributed by atoms with Crippen LogP contribution in [0.25, 0.3) is 6.08 Å². The standard InChI is InChI=1S/C16H22N2O2/c17-11-15(19)12-20-18-16-9-5-4-8-14(16)10-13-6-2-1-3-7-13/h1-3,6-7,10,15,19H,4-5,8-9,11-12,17H2. The summed E-state index contributed by atoms with van der Waals surface area (Å²) in [6.07, 6.45) is 5.79. The lowest BCUT2D eigenvalue weighted by atomic mass is 9.91. The van der Waals surface area contributed by atoms with Crippen LogP contribution >= 0.6 is 0 Å². The Labute approximate surface area is 119 Å². The van der Waals surface area contributed by atoms with Crippen LogP contribution in [-0.4, -0.2) is 30.1 Å². The molecular formula is C16H22N2O2. The Morgan fingerprint density at radius 3 is 2.75 bits per heavy atom. The third-order valence-electron chi connectivity index (χ3n) is 3.33. The zero-order valence-electron chi connectivity index (χ0n) is 11.7. The molecule has 1 aliphatic carbocycles. The van der Waals surface area contributed by atoms with E-state index in [0.717, 1.165) is 25.0 Å². The second-order valence-electron chi connectivity index (χ2n) is 5.01. The van der Waals surface area contributed by atoms with Gasteiger partial charge in [0.2, 0.25) is 0 Å². The molecule has 1 atom stereocenters. The molecule has 0 aliphatic heterocycles. The number of benzene rings is 1. The van der Waals surface area contributed by atoms with Crippen molar-refractivity contribution in [3.8, 4) is 0 Å². The van der Waals surface area contributed by atoms with E-state index in [4.69, 9.17) is 10.6 Å². The van der Waals surface area contributed by atoms with Crippen molar-refractivity contribution in [2.45, 2.75) is 31.8 Å². The van der Waals surface area contributed by atoms with Gasteiger partial charge in [-0.05, 0) is 42.9 Å². The van der Waals surface area contributed by atoms with Crippen molar-refractivity contribution in [1.82, 2.24) is 0 Å². The van der Waals surface area contributed by atoms with Crippen molar-refractivity contribution >= 4 is 11.8 Å². The number of aliphatic hydroxyl groups excluding tert-OH is 1. The molecule has 20 heavy (non-hydrogen) atoms. The summed E-state index contributed by atoms with van der Waals surface area (Å²) in [5.41, 5.74) is 8.73. The second kappa shape index (κ2) is 7.82. The number of oxime groups is 1. The summed E-state index contributed by atoms with van der Waals surface area (Å²) in [6.45, 7) is 0.343. The molecule has 0 spiro atoms. The predicted octanol–water partition coefficient (Wildman–Crippen LogP) is 2.34. The molecule has 0 saturated heterocycles. The van der Waals surface area contributed by atoms with E-state index in [9.17, 15) is 5.11 Å². The van der Waals surface area contributed by atoms with Crippen LogP contribution in [0.2, 0.25) is 0 Å². The van der Waals surface area contributed by atoms with Crippen LogP contribution in [0.4, 0.5) is 0 Å². The van der Waals surface area contributed by atoms with E-state index in [-0.39, 0.29) is 13.2 Å². The van der Waals surface area contributed by atoms with Gasteiger partial charge in [-0.15, -0.1) is 0 Å². The Bertz CT molecular complexity index is 469. The monoisotopic (exact) mass is 274 g/mol. The van der Waals surface area contributed by atoms with Gasteiger partial charge in [0.25, 0.3) is 0 Å². The molecule has 1 aromatic rings. The first kappa shape index (κ1) is 14.8. The topological polar surface area (TPSA) is 67.8 Å². The number of nitrogens with zero attached hydrogens (tertiary/aromatic N) is 1. The maximum atomic E-state index is 9.35. The van der Waals surface area contributed by atoms with Crippen LogP contribution in [0.5, 0.6) is 0 Å². The summed E-state index contributed by atoms with van der Waals surface area (Å²) < 4.78 is 0. The number of hydrogen-bond acceptors (Lipinski definition) is 4. The van der Waals surface area contributed by atoms with Crippen molar-refractivity contribution in [2.75, 3.05) is 13.2 Å². The SMILES string of the molecule is NCC(O)CON=C1CCCCC1=Cc1ccccc1. The highest BCUT2D eigenvalue weighted by atomic mass is 16.6. The molecule has 2 rings (SSSR count). The highest BCUT2D eigenvalue weighted by Gasteiger charge is 2.14. The van der Waals surface area contributed by atoms with Gasteiger partial charge in [-0.3, -0.25) is 0 Å². The molecule has 108 valence electrons. The van der Waals surface area contributed by atoms with E-state index in [0.29, 0.717) is 0 Å². The highest BCUT2D eigenvalue weighted by Crippen LogP contribution is 2.23. The first-order chi connectivity index (χ1) is 9.79. The van der Waals surface area contributed by atoms with Crippen LogP contribution in [0, 0.1) is 0 Å². The zero-order valence-corrected chi connectivity index (χ0v) is 11.7. The Morgan fingerprint density at radius 1 is 1.25 bits per heavy atom. The van der Waals surface area contributed by atoms with E-state index >= 15 is 0 Å². The third-order valence-corrected chi connectivity index (χ3v) is 3.33. The summed E-state index contributed by atoms with van der Waals surface area (Å²) >= 11 is 0. The zero-order chi connectivity index (χ0) is 14.2. The summed E-state index contributed by atoms with van der Waals surface area (Å²) in [4.78, 5) is 5.21. The molecule has 0 bridgehead atoms. The molecule has 0 amide bonds. The molecule has 1 fully saturated rings. The van der Waals surface area contributed by atoms with Gasteiger partial charge >= 0.3 is 0 Å². The minimum absolute atomic E-state index is 0.151. The van der Waals surface area contributed by atoms with Gasteiger partial charge in [0.1, 0.15) is 12.7 Å². The van der Waals surface area contributed by atoms with Crippen LogP contribution in [-0.2, 0) is 4.84 Å². The maximum absolute atomic E-state index is 9.35. The Kier molecular flexibility index (Phi) is 5.77. The van der Waals surface area contributed by atoms with Gasteiger partial charge in [0, 0.05) is 6.54 Å². The van der Waals surface area contributed by atoms with Crippen LogP contribution < -0.4 is 5.73 Å². The molecule has 1 saturated carbocycles. The number of rotatable bonds is 5. The third kappa shape index (κ3) is 4.47. The largest absolute Gasteiger partial charge is 0.393 e. The number of allylic oxidation sites excluding steroid dienone is 1. The molecule has 4 nitrogen and oxygen atoms in total. The van der Waals surface area contributed by atoms with E-state index in [1.54, 1.807) is 0 Å². The molecule has 0 radical (unpaired) electrons. The van der Waals surface area contributed by atoms with Gasteiger partial charge in [-0.2, -0.15) is 0 Å². The van der Waals surface area contributed by atoms with Gasteiger partial charge < -0.3 is 15.7 Å². The molecule has 4 heteroatoms. The van der Waals surface area contributed by atoms with Crippen molar-refractivity contribution in [1.29, 1.82) is 0 Å². The van der Waals surface area contributed by atoms with Crippen molar-refractivity contribution < 1.29 is 9.94 Å². The first-order valence-electron chi connectivity index (χ1n) is 7.12. The lowest BCUT2D eigenvalue weighted by molar-refractivity contribution is 0.0445. The van der Waals surface area contributed by atoms with E-state index in [2.05, 4.69) is 23.4 Å². The van der Waals surface area contributed by atoms with Crippen molar-refractivity contribution in [2.24, 2.45) is 10.9 Å². The summed E-state index contributed by atoms with van der Waals surface area (Å²) in [5.74, 6) is 0. The molecule has 0 heterocycles. The summed E-state index contributed by atoms with van der Waals surface area (Å²) in [6, 6.07) is 10.2. The number of nitrogens with two attached hydrogens (primary N) is 1. The Balaban J connectivity index is 2.05. The minimum atomic E-state index is -0.649. The lowest BCUT2D eigenvalue weighted by Crippen LogP contribution is -2.24. The fraction of sp³-hybridized carbons (Fsp3) is 0.438. The van der Waals surface area contributed by atoms with E-state index in [1.807, 2.05) is 18.2 Å². The molecule has 0 aromatic heterocycles.